The molecule has 3 rings (SSSR count). The van der Waals surface area contributed by atoms with Crippen molar-refractivity contribution in [2.45, 2.75) is 106 Å². The van der Waals surface area contributed by atoms with Crippen molar-refractivity contribution < 1.29 is 147 Å². The number of carbonyl (C=O) groups is 3. The van der Waals surface area contributed by atoms with Crippen molar-refractivity contribution in [3.05, 3.63) is 11.7 Å². The maximum atomic E-state index is 12.5. The Labute approximate surface area is 480 Å². The molecule has 3 aliphatic heterocycles. The Balaban J connectivity index is 1.27. The summed E-state index contributed by atoms with van der Waals surface area (Å²) < 4.78 is 81.9. The van der Waals surface area contributed by atoms with Gasteiger partial charge in [-0.25, -0.2) is 0 Å². The summed E-state index contributed by atoms with van der Waals surface area (Å²) >= 11 is 0. The Morgan fingerprint density at radius 2 is 0.759 bits per heavy atom. The van der Waals surface area contributed by atoms with Gasteiger partial charge in [-0.2, -0.15) is 0 Å². The molecule has 8 unspecified atom stereocenters. The highest BCUT2D eigenvalue weighted by Crippen LogP contribution is 2.25. The molecule has 33 nitrogen and oxygen atoms in total. The lowest BCUT2D eigenvalue weighted by Crippen LogP contribution is -2.59. The van der Waals surface area contributed by atoms with Gasteiger partial charge in [0.1, 0.15) is 67.6 Å². The number of aliphatic hydroxyl groups excluding tert-OH is 12. The average molecular weight is 1210 g/mol. The molecule has 2 saturated heterocycles. The molecule has 0 aromatic heterocycles. The van der Waals surface area contributed by atoms with Gasteiger partial charge in [0.15, 0.2) is 18.7 Å². The van der Waals surface area contributed by atoms with E-state index in [1.807, 2.05) is 6.92 Å². The molecule has 15 N–H and O–H groups in total. The normalized spacial score (nSPS) is 27.2. The molecule has 0 aliphatic carbocycles. The topological polar surface area (TPSA) is 469 Å². The molecular formula is C50H91N3O30. The summed E-state index contributed by atoms with van der Waals surface area (Å²) in [4.78, 5) is 37.5. The van der Waals surface area contributed by atoms with Crippen LogP contribution in [0.1, 0.15) is 26.2 Å². The van der Waals surface area contributed by atoms with Crippen molar-refractivity contribution in [1.29, 1.82) is 0 Å². The van der Waals surface area contributed by atoms with E-state index in [2.05, 4.69) is 16.0 Å². The van der Waals surface area contributed by atoms with Crippen LogP contribution in [0.5, 0.6) is 0 Å². The van der Waals surface area contributed by atoms with Crippen LogP contribution in [0.3, 0.4) is 0 Å². The minimum atomic E-state index is -1.67. The Bertz CT molecular complexity index is 1680. The number of rotatable bonds is 48. The highest BCUT2D eigenvalue weighted by atomic mass is 16.7. The largest absolute Gasteiger partial charge is 0.504 e. The van der Waals surface area contributed by atoms with Crippen LogP contribution in [0.4, 0.5) is 0 Å². The summed E-state index contributed by atoms with van der Waals surface area (Å²) in [6.07, 6.45) is -18.0. The second kappa shape index (κ2) is 43.3. The van der Waals surface area contributed by atoms with Gasteiger partial charge >= 0.3 is 5.95 Å². The molecule has 0 spiro atoms. The minimum absolute atomic E-state index is 0.0115. The smallest absolute Gasteiger partial charge is 0.322 e. The first-order chi connectivity index (χ1) is 40.0. The molecule has 3 amide bonds. The van der Waals surface area contributed by atoms with Crippen molar-refractivity contribution in [1.82, 2.24) is 16.0 Å². The summed E-state index contributed by atoms with van der Waals surface area (Å²) in [5, 5.41) is 125. The van der Waals surface area contributed by atoms with Gasteiger partial charge < -0.3 is 148 Å². The first-order valence-electron chi connectivity index (χ1n) is 27.5. The Kier molecular flexibility index (Phi) is 38.5. The monoisotopic (exact) mass is 1210 g/mol. The molecule has 0 bridgehead atoms. The summed E-state index contributed by atoms with van der Waals surface area (Å²) in [7, 11) is 0. The standard InChI is InChI=1S/C50H91N3O30/c1-50(29-75-8-2-35(57)51-5-11-69-14-17-72-20-23-78-47-44(66)41(63)38(60)32(26-54)81-47,30-76-9-3-36(58)52-6-12-70-15-18-73-21-24-79-48-45(67)42(64)39(61)33(27-55)82-48)31-77-10-4-37(59)53-7-13-71-16-19-74-22-25-80-49-46(68)43(65)40(62)34(28-56)83-49/h32-34,38-45,47-48,54-56,60-68H,2-31H2,1H3,(H,51,57)(H,52,58)(H,53,59)/t32?,33?,34?,38-,39-,40-,41?,42?,43?,44?,45?,47+,48+,50?/m1/s1. The second-order valence-corrected chi connectivity index (χ2v) is 19.4. The maximum absolute atomic E-state index is 12.5. The van der Waals surface area contributed by atoms with E-state index in [-0.39, 0.29) is 195 Å². The summed E-state index contributed by atoms with van der Waals surface area (Å²) in [6, 6.07) is 0. The summed E-state index contributed by atoms with van der Waals surface area (Å²) in [5.74, 6) is -1.97. The molecule has 0 aromatic carbocycles. The van der Waals surface area contributed by atoms with Crippen LogP contribution in [-0.2, 0) is 85.4 Å². The zero-order chi connectivity index (χ0) is 60.8. The van der Waals surface area contributed by atoms with Crippen molar-refractivity contribution in [3.63, 3.8) is 0 Å². The lowest BCUT2D eigenvalue weighted by molar-refractivity contribution is -0.302. The van der Waals surface area contributed by atoms with Crippen LogP contribution in [0.2, 0.25) is 0 Å². The third-order valence-corrected chi connectivity index (χ3v) is 12.4. The highest BCUT2D eigenvalue weighted by molar-refractivity contribution is 5.76. The number of hydrogen-bond donors (Lipinski definition) is 15. The zero-order valence-electron chi connectivity index (χ0n) is 46.9. The van der Waals surface area contributed by atoms with Crippen LogP contribution < -0.4 is 16.0 Å². The van der Waals surface area contributed by atoms with E-state index in [1.54, 1.807) is 0 Å². The highest BCUT2D eigenvalue weighted by Gasteiger charge is 2.45. The summed E-state index contributed by atoms with van der Waals surface area (Å²) in [6.45, 7) is 3.18. The van der Waals surface area contributed by atoms with Gasteiger partial charge in [0.2, 0.25) is 23.5 Å². The van der Waals surface area contributed by atoms with Gasteiger partial charge in [-0.3, -0.25) is 14.4 Å². The van der Waals surface area contributed by atoms with E-state index in [1.165, 1.54) is 0 Å². The van der Waals surface area contributed by atoms with E-state index < -0.39 is 117 Å². The number of aliphatic hydroxyl groups is 12. The first-order valence-corrected chi connectivity index (χ1v) is 27.5. The number of amides is 3. The fourth-order valence-corrected chi connectivity index (χ4v) is 7.65. The second-order valence-electron chi connectivity index (χ2n) is 19.4. The lowest BCUT2D eigenvalue weighted by Gasteiger charge is -2.39. The molecule has 3 heterocycles. The van der Waals surface area contributed by atoms with E-state index >= 15 is 0 Å². The minimum Gasteiger partial charge on any atom is -0.504 e. The van der Waals surface area contributed by atoms with E-state index in [4.69, 9.17) is 71.1 Å². The molecule has 0 saturated carbocycles. The SMILES string of the molecule is CC(COCCC(=O)NCCOCCOCCOC1=C(O)C(O)[C@H](O)C(CO)O1)(COCCC(=O)NCCOCCOCCO[C@H]1OC(CO)[C@@H](O)C(O)C1O)COCCC(=O)NCCOCCOCCO[C@H]1OC(CO)[C@@H](O)C(O)C1O. The number of nitrogens with one attached hydrogen (secondary N) is 3. The number of carbonyl (C=O) groups excluding carboxylic acids is 3. The molecule has 0 aromatic rings. The predicted octanol–water partition coefficient (Wildman–Crippen LogP) is -7.85. The molecule has 33 heteroatoms. The number of hydrogen-bond acceptors (Lipinski definition) is 30. The van der Waals surface area contributed by atoms with Crippen LogP contribution in [0, 0.1) is 5.41 Å². The Morgan fingerprint density at radius 1 is 0.422 bits per heavy atom. The maximum Gasteiger partial charge on any atom is 0.322 e. The molecule has 0 radical (unpaired) electrons. The van der Waals surface area contributed by atoms with Crippen molar-refractivity contribution in [2.75, 3.05) is 178 Å². The van der Waals surface area contributed by atoms with Crippen molar-refractivity contribution >= 4 is 17.7 Å². The Morgan fingerprint density at radius 3 is 1.12 bits per heavy atom. The van der Waals surface area contributed by atoms with Gasteiger partial charge in [-0.15, -0.1) is 0 Å². The van der Waals surface area contributed by atoms with Crippen LogP contribution in [0.15, 0.2) is 11.7 Å². The molecule has 13 atom stereocenters. The quantitative estimate of drug-likeness (QED) is 0.0252. The molecule has 83 heavy (non-hydrogen) atoms. The van der Waals surface area contributed by atoms with E-state index in [0.717, 1.165) is 0 Å². The van der Waals surface area contributed by atoms with Gasteiger partial charge in [-0.05, 0) is 0 Å². The van der Waals surface area contributed by atoms with Crippen molar-refractivity contribution in [3.8, 4) is 0 Å². The van der Waals surface area contributed by atoms with Gasteiger partial charge in [0.05, 0.1) is 152 Å². The molecule has 486 valence electrons. The van der Waals surface area contributed by atoms with Gasteiger partial charge in [-0.1, -0.05) is 6.92 Å². The number of ether oxygens (including phenoxy) is 15. The van der Waals surface area contributed by atoms with Crippen LogP contribution in [-0.4, -0.2) is 337 Å². The third kappa shape index (κ3) is 29.2. The third-order valence-electron chi connectivity index (χ3n) is 12.4. The van der Waals surface area contributed by atoms with Gasteiger partial charge in [0.25, 0.3) is 0 Å². The fourth-order valence-electron chi connectivity index (χ4n) is 7.65. The predicted molar refractivity (Wildman–Crippen MR) is 277 cm³/mol. The molecular weight excluding hydrogens is 1120 g/mol. The fraction of sp³-hybridized carbons (Fsp3) is 0.900. The lowest BCUT2D eigenvalue weighted by atomic mass is 9.94. The van der Waals surface area contributed by atoms with E-state index in [0.29, 0.717) is 0 Å². The molecule has 2 fully saturated rings. The van der Waals surface area contributed by atoms with Crippen LogP contribution >= 0.6 is 0 Å². The van der Waals surface area contributed by atoms with Crippen molar-refractivity contribution in [2.24, 2.45) is 5.41 Å². The zero-order valence-corrected chi connectivity index (χ0v) is 46.9. The first kappa shape index (κ1) is 73.8. The molecule has 3 aliphatic rings. The van der Waals surface area contributed by atoms with Gasteiger partial charge in [0, 0.05) is 44.3 Å². The van der Waals surface area contributed by atoms with E-state index in [9.17, 15) is 75.7 Å². The average Bonchev–Trinajstić information content (AvgIpc) is 3.54. The van der Waals surface area contributed by atoms with Crippen LogP contribution in [0.25, 0.3) is 0 Å². The summed E-state index contributed by atoms with van der Waals surface area (Å²) in [5.41, 5.74) is -0.757. The Hall–Kier alpha value is -3.41.